The van der Waals surface area contributed by atoms with Gasteiger partial charge in [0.25, 0.3) is 0 Å². The maximum Gasteiger partial charge on any atom is 0.166 e. The summed E-state index contributed by atoms with van der Waals surface area (Å²) in [4.78, 5) is 12.3. The van der Waals surface area contributed by atoms with E-state index in [1.54, 1.807) is 0 Å². The number of ketones is 1. The number of benzene rings is 1. The summed E-state index contributed by atoms with van der Waals surface area (Å²) in [6.07, 6.45) is 16.4. The molecule has 4 nitrogen and oxygen atoms in total. The number of phenols is 2. The first kappa shape index (κ1) is 24.5. The van der Waals surface area contributed by atoms with Crippen molar-refractivity contribution >= 4 is 5.78 Å². The van der Waals surface area contributed by atoms with Crippen LogP contribution in [0, 0.1) is 5.92 Å². The van der Waals surface area contributed by atoms with Gasteiger partial charge in [0.15, 0.2) is 5.78 Å². The van der Waals surface area contributed by atoms with Crippen molar-refractivity contribution in [2.45, 2.75) is 96.8 Å². The Bertz CT molecular complexity index is 541. The zero-order valence-electron chi connectivity index (χ0n) is 17.7. The minimum atomic E-state index is -0.0998. The molecule has 0 aliphatic rings. The van der Waals surface area contributed by atoms with E-state index in [1.165, 1.54) is 76.0 Å². The number of Topliss-reactive ketones (excluding diaryl/α,β-unsaturated/α-hetero) is 1. The van der Waals surface area contributed by atoms with Crippen LogP contribution in [0.15, 0.2) is 18.2 Å². The lowest BCUT2D eigenvalue weighted by atomic mass is 9.94. The van der Waals surface area contributed by atoms with E-state index in [0.717, 1.165) is 25.7 Å². The highest BCUT2D eigenvalue weighted by molar-refractivity contribution is 5.99. The van der Waals surface area contributed by atoms with Crippen molar-refractivity contribution in [2.24, 2.45) is 5.92 Å². The largest absolute Gasteiger partial charge is 0.508 e. The van der Waals surface area contributed by atoms with Gasteiger partial charge in [-0.3, -0.25) is 4.79 Å². The molecule has 0 fully saturated rings. The number of aromatic hydroxyl groups is 2. The summed E-state index contributed by atoms with van der Waals surface area (Å²) < 4.78 is 0. The van der Waals surface area contributed by atoms with Gasteiger partial charge in [0.05, 0.1) is 5.56 Å². The van der Waals surface area contributed by atoms with Crippen LogP contribution in [0.3, 0.4) is 0 Å². The van der Waals surface area contributed by atoms with Crippen LogP contribution in [0.2, 0.25) is 0 Å². The molecule has 0 aliphatic carbocycles. The molecule has 1 unspecified atom stereocenters. The van der Waals surface area contributed by atoms with Crippen molar-refractivity contribution in [1.29, 1.82) is 0 Å². The summed E-state index contributed by atoms with van der Waals surface area (Å²) in [6, 6.07) is 4.10. The number of aliphatic hydroxyl groups excluding tert-OH is 1. The van der Waals surface area contributed by atoms with Crippen molar-refractivity contribution in [1.82, 2.24) is 0 Å². The smallest absolute Gasteiger partial charge is 0.166 e. The van der Waals surface area contributed by atoms with Crippen LogP contribution in [-0.4, -0.2) is 27.7 Å². The zero-order valence-corrected chi connectivity index (χ0v) is 17.7. The Labute approximate surface area is 171 Å². The van der Waals surface area contributed by atoms with E-state index in [1.807, 2.05) is 0 Å². The Morgan fingerprint density at radius 2 is 1.32 bits per heavy atom. The molecule has 0 amide bonds. The number of hydrogen-bond acceptors (Lipinski definition) is 4. The quantitative estimate of drug-likeness (QED) is 0.163. The highest BCUT2D eigenvalue weighted by Gasteiger charge is 2.15. The monoisotopic (exact) mass is 392 g/mol. The van der Waals surface area contributed by atoms with Crippen LogP contribution in [0.1, 0.15) is 107 Å². The molecule has 1 rings (SSSR count). The maximum atomic E-state index is 12.3. The van der Waals surface area contributed by atoms with Crippen molar-refractivity contribution in [3.63, 3.8) is 0 Å². The Hall–Kier alpha value is -1.55. The van der Waals surface area contributed by atoms with E-state index in [-0.39, 0.29) is 22.8 Å². The predicted octanol–water partition coefficient (Wildman–Crippen LogP) is 6.37. The van der Waals surface area contributed by atoms with E-state index in [0.29, 0.717) is 18.9 Å². The molecule has 1 aromatic carbocycles. The van der Waals surface area contributed by atoms with Crippen molar-refractivity contribution in [3.8, 4) is 11.5 Å². The highest BCUT2D eigenvalue weighted by Crippen LogP contribution is 2.25. The SMILES string of the molecule is CC(CCCCCCCCCCCCCCO)CC(=O)c1cc(O)ccc1O. The average Bonchev–Trinajstić information content (AvgIpc) is 2.67. The standard InChI is InChI=1S/C24H40O4/c1-20(18-24(28)22-19-21(26)15-16-23(22)27)14-12-10-8-6-4-2-3-5-7-9-11-13-17-25/h15-16,19-20,25-27H,2-14,17-18H2,1H3. The molecular formula is C24H40O4. The predicted molar refractivity (Wildman–Crippen MR) is 115 cm³/mol. The van der Waals surface area contributed by atoms with Crippen molar-refractivity contribution < 1.29 is 20.1 Å². The Morgan fingerprint density at radius 3 is 1.86 bits per heavy atom. The summed E-state index contributed by atoms with van der Waals surface area (Å²) in [5.41, 5.74) is 0.222. The Kier molecular flexibility index (Phi) is 13.5. The van der Waals surface area contributed by atoms with Gasteiger partial charge in [-0.15, -0.1) is 0 Å². The molecule has 0 aromatic heterocycles. The first-order valence-corrected chi connectivity index (χ1v) is 11.2. The lowest BCUT2D eigenvalue weighted by Gasteiger charge is -2.11. The summed E-state index contributed by atoms with van der Waals surface area (Å²) in [5, 5.41) is 28.0. The van der Waals surface area contributed by atoms with E-state index in [2.05, 4.69) is 6.92 Å². The third kappa shape index (κ3) is 11.3. The van der Waals surface area contributed by atoms with Gasteiger partial charge >= 0.3 is 0 Å². The molecule has 3 N–H and O–H groups in total. The molecule has 0 heterocycles. The number of rotatable bonds is 17. The second kappa shape index (κ2) is 15.4. The molecule has 0 bridgehead atoms. The van der Waals surface area contributed by atoms with Gasteiger partial charge < -0.3 is 15.3 Å². The summed E-state index contributed by atoms with van der Waals surface area (Å²) >= 11 is 0. The second-order valence-corrected chi connectivity index (χ2v) is 8.19. The molecule has 0 saturated carbocycles. The Morgan fingerprint density at radius 1 is 0.821 bits per heavy atom. The lowest BCUT2D eigenvalue weighted by molar-refractivity contribution is 0.0959. The van der Waals surface area contributed by atoms with Crippen molar-refractivity contribution in [3.05, 3.63) is 23.8 Å². The third-order valence-corrected chi connectivity index (χ3v) is 5.42. The fraction of sp³-hybridized carbons (Fsp3) is 0.708. The molecule has 0 aliphatic heterocycles. The summed E-state index contributed by atoms with van der Waals surface area (Å²) in [7, 11) is 0. The number of aliphatic hydroxyl groups is 1. The van der Waals surface area contributed by atoms with Gasteiger partial charge in [-0.1, -0.05) is 84.0 Å². The highest BCUT2D eigenvalue weighted by atomic mass is 16.3. The number of carbonyl (C=O) groups excluding carboxylic acids is 1. The van der Waals surface area contributed by atoms with Crippen molar-refractivity contribution in [2.75, 3.05) is 6.61 Å². The minimum absolute atomic E-state index is 0.00972. The molecule has 160 valence electrons. The molecular weight excluding hydrogens is 352 g/mol. The molecule has 0 radical (unpaired) electrons. The van der Waals surface area contributed by atoms with Crippen LogP contribution < -0.4 is 0 Å². The normalized spacial score (nSPS) is 12.2. The fourth-order valence-electron chi connectivity index (χ4n) is 3.65. The van der Waals surface area contributed by atoms with E-state index in [9.17, 15) is 15.0 Å². The maximum absolute atomic E-state index is 12.3. The molecule has 0 saturated heterocycles. The van der Waals surface area contributed by atoms with Crippen LogP contribution in [0.25, 0.3) is 0 Å². The third-order valence-electron chi connectivity index (χ3n) is 5.42. The van der Waals surface area contributed by atoms with Gasteiger partial charge in [0.2, 0.25) is 0 Å². The topological polar surface area (TPSA) is 77.8 Å². The van der Waals surface area contributed by atoms with E-state index >= 15 is 0 Å². The molecule has 1 atom stereocenters. The average molecular weight is 393 g/mol. The first-order valence-electron chi connectivity index (χ1n) is 11.2. The fourth-order valence-corrected chi connectivity index (χ4v) is 3.65. The van der Waals surface area contributed by atoms with Gasteiger partial charge in [0.1, 0.15) is 11.5 Å². The van der Waals surface area contributed by atoms with Gasteiger partial charge in [0, 0.05) is 13.0 Å². The number of hydrogen-bond donors (Lipinski definition) is 3. The van der Waals surface area contributed by atoms with Gasteiger partial charge in [-0.25, -0.2) is 0 Å². The summed E-state index contributed by atoms with van der Waals surface area (Å²) in [6.45, 7) is 2.41. The van der Waals surface area contributed by atoms with Gasteiger partial charge in [-0.05, 0) is 30.5 Å². The van der Waals surface area contributed by atoms with Crippen LogP contribution in [0.4, 0.5) is 0 Å². The van der Waals surface area contributed by atoms with Gasteiger partial charge in [-0.2, -0.15) is 0 Å². The number of phenolic OH excluding ortho intramolecular Hbond substituents is 2. The molecule has 4 heteroatoms. The molecule has 28 heavy (non-hydrogen) atoms. The first-order chi connectivity index (χ1) is 13.5. The zero-order chi connectivity index (χ0) is 20.6. The van der Waals surface area contributed by atoms with E-state index in [4.69, 9.17) is 5.11 Å². The second-order valence-electron chi connectivity index (χ2n) is 8.19. The Balaban J connectivity index is 1.98. The lowest BCUT2D eigenvalue weighted by Crippen LogP contribution is -2.06. The van der Waals surface area contributed by atoms with Crippen LogP contribution in [-0.2, 0) is 0 Å². The van der Waals surface area contributed by atoms with E-state index < -0.39 is 0 Å². The minimum Gasteiger partial charge on any atom is -0.508 e. The van der Waals surface area contributed by atoms with Crippen LogP contribution >= 0.6 is 0 Å². The van der Waals surface area contributed by atoms with Crippen LogP contribution in [0.5, 0.6) is 11.5 Å². The molecule has 0 spiro atoms. The number of carbonyl (C=O) groups is 1. The summed E-state index contributed by atoms with van der Waals surface area (Å²) in [5.74, 6) is 0.146. The molecule has 1 aromatic rings. The number of unbranched alkanes of at least 4 members (excludes halogenated alkanes) is 11.